The molecule has 0 saturated carbocycles. The van der Waals surface area contributed by atoms with Crippen LogP contribution >= 0.6 is 0 Å². The molecule has 5 aromatic rings. The van der Waals surface area contributed by atoms with Crippen LogP contribution in [0.5, 0.6) is 0 Å². The lowest BCUT2D eigenvalue weighted by molar-refractivity contribution is -0.116. The van der Waals surface area contributed by atoms with Gasteiger partial charge in [-0.05, 0) is 55.3 Å². The molecule has 0 unspecified atom stereocenters. The maximum atomic E-state index is 13.2. The number of para-hydroxylation sites is 2. The number of aromatic nitrogens is 2. The first-order chi connectivity index (χ1) is 18.1. The zero-order valence-electron chi connectivity index (χ0n) is 20.6. The van der Waals surface area contributed by atoms with E-state index in [2.05, 4.69) is 10.6 Å². The molecule has 5 rings (SSSR count). The molecule has 184 valence electrons. The molecule has 6 heteroatoms. The number of hydrogen-bond acceptors (Lipinski definition) is 3. The Hall–Kier alpha value is -4.71. The predicted octanol–water partition coefficient (Wildman–Crippen LogP) is 5.70. The molecule has 0 aliphatic carbocycles. The van der Waals surface area contributed by atoms with Crippen molar-refractivity contribution >= 4 is 28.5 Å². The van der Waals surface area contributed by atoms with E-state index in [1.807, 2.05) is 109 Å². The SMILES string of the molecule is Cc1ccc(NC(=O)Cn2c([C@H](Cc3ccccc3)NC(=O)c3ccccc3)nc3ccccc32)cc1. The van der Waals surface area contributed by atoms with E-state index < -0.39 is 6.04 Å². The Morgan fingerprint density at radius 1 is 0.811 bits per heavy atom. The van der Waals surface area contributed by atoms with Crippen LogP contribution in [0.4, 0.5) is 5.69 Å². The van der Waals surface area contributed by atoms with Gasteiger partial charge in [-0.1, -0.05) is 78.4 Å². The quantitative estimate of drug-likeness (QED) is 0.294. The van der Waals surface area contributed by atoms with Crippen molar-refractivity contribution in [2.75, 3.05) is 5.32 Å². The maximum Gasteiger partial charge on any atom is 0.251 e. The summed E-state index contributed by atoms with van der Waals surface area (Å²) in [6.07, 6.45) is 0.530. The molecular formula is C31H28N4O2. The van der Waals surface area contributed by atoms with E-state index in [1.165, 1.54) is 0 Å². The highest BCUT2D eigenvalue weighted by atomic mass is 16.2. The van der Waals surface area contributed by atoms with Gasteiger partial charge in [-0.15, -0.1) is 0 Å². The van der Waals surface area contributed by atoms with Crippen LogP contribution in [0.15, 0.2) is 109 Å². The van der Waals surface area contributed by atoms with Crippen LogP contribution in [-0.4, -0.2) is 21.4 Å². The molecule has 0 spiro atoms. The minimum Gasteiger partial charge on any atom is -0.342 e. The third-order valence-electron chi connectivity index (χ3n) is 6.26. The lowest BCUT2D eigenvalue weighted by Crippen LogP contribution is -2.33. The highest BCUT2D eigenvalue weighted by molar-refractivity contribution is 5.94. The number of anilines is 1. The second-order valence-electron chi connectivity index (χ2n) is 9.04. The van der Waals surface area contributed by atoms with Crippen molar-refractivity contribution < 1.29 is 9.59 Å². The highest BCUT2D eigenvalue weighted by Gasteiger charge is 2.24. The van der Waals surface area contributed by atoms with E-state index >= 15 is 0 Å². The topological polar surface area (TPSA) is 76.0 Å². The van der Waals surface area contributed by atoms with Gasteiger partial charge in [0.1, 0.15) is 12.4 Å². The molecule has 37 heavy (non-hydrogen) atoms. The second-order valence-corrected chi connectivity index (χ2v) is 9.04. The maximum absolute atomic E-state index is 13.2. The molecule has 0 aliphatic rings. The average Bonchev–Trinajstić information content (AvgIpc) is 3.29. The van der Waals surface area contributed by atoms with E-state index in [-0.39, 0.29) is 18.4 Å². The fourth-order valence-electron chi connectivity index (χ4n) is 4.40. The number of nitrogens with one attached hydrogen (secondary N) is 2. The molecule has 2 N–H and O–H groups in total. The van der Waals surface area contributed by atoms with Gasteiger partial charge in [-0.25, -0.2) is 4.98 Å². The number of carbonyl (C=O) groups excluding carboxylic acids is 2. The Balaban J connectivity index is 1.50. The summed E-state index contributed by atoms with van der Waals surface area (Å²) in [4.78, 5) is 31.2. The Morgan fingerprint density at radius 2 is 1.46 bits per heavy atom. The van der Waals surface area contributed by atoms with Gasteiger partial charge in [0.2, 0.25) is 5.91 Å². The first-order valence-corrected chi connectivity index (χ1v) is 12.3. The van der Waals surface area contributed by atoms with Gasteiger partial charge < -0.3 is 15.2 Å². The molecule has 2 amide bonds. The van der Waals surface area contributed by atoms with Gasteiger partial charge in [0, 0.05) is 11.3 Å². The van der Waals surface area contributed by atoms with Gasteiger partial charge in [0.15, 0.2) is 0 Å². The molecule has 6 nitrogen and oxygen atoms in total. The third-order valence-corrected chi connectivity index (χ3v) is 6.26. The standard InChI is InChI=1S/C31H28N4O2/c1-22-16-18-25(19-17-22)32-29(36)21-35-28-15-9-8-14-26(28)33-30(35)27(20-23-10-4-2-5-11-23)34-31(37)24-12-6-3-7-13-24/h2-19,27H,20-21H2,1H3,(H,32,36)(H,34,37)/t27-/m0/s1. The van der Waals surface area contributed by atoms with Crippen molar-refractivity contribution in [3.8, 4) is 0 Å². The number of aryl methyl sites for hydroxylation is 1. The molecular weight excluding hydrogens is 460 g/mol. The number of benzene rings is 4. The zero-order valence-corrected chi connectivity index (χ0v) is 20.6. The molecule has 1 atom stereocenters. The highest BCUT2D eigenvalue weighted by Crippen LogP contribution is 2.25. The summed E-state index contributed by atoms with van der Waals surface area (Å²) in [7, 11) is 0. The van der Waals surface area contributed by atoms with E-state index in [0.29, 0.717) is 17.8 Å². The molecule has 0 aliphatic heterocycles. The van der Waals surface area contributed by atoms with Gasteiger partial charge in [-0.2, -0.15) is 0 Å². The molecule has 4 aromatic carbocycles. The van der Waals surface area contributed by atoms with Gasteiger partial charge >= 0.3 is 0 Å². The van der Waals surface area contributed by atoms with Crippen LogP contribution in [0.1, 0.15) is 33.4 Å². The summed E-state index contributed by atoms with van der Waals surface area (Å²) in [5.74, 6) is 0.277. The monoisotopic (exact) mass is 488 g/mol. The average molecular weight is 489 g/mol. The molecule has 0 bridgehead atoms. The van der Waals surface area contributed by atoms with Gasteiger partial charge in [-0.3, -0.25) is 9.59 Å². The minimum absolute atomic E-state index is 0.0657. The van der Waals surface area contributed by atoms with Gasteiger partial charge in [0.25, 0.3) is 5.91 Å². The number of rotatable bonds is 8. The fourth-order valence-corrected chi connectivity index (χ4v) is 4.40. The van der Waals surface area contributed by atoms with Crippen LogP contribution in [0.2, 0.25) is 0 Å². The molecule has 0 saturated heterocycles. The van der Waals surface area contributed by atoms with Crippen LogP contribution in [0.25, 0.3) is 11.0 Å². The third kappa shape index (κ3) is 5.76. The van der Waals surface area contributed by atoms with E-state index in [9.17, 15) is 9.59 Å². The van der Waals surface area contributed by atoms with Crippen LogP contribution in [-0.2, 0) is 17.8 Å². The number of nitrogens with zero attached hydrogens (tertiary/aromatic N) is 2. The second kappa shape index (κ2) is 10.9. The van der Waals surface area contributed by atoms with Crippen LogP contribution in [0, 0.1) is 6.92 Å². The van der Waals surface area contributed by atoms with Crippen molar-refractivity contribution in [2.45, 2.75) is 25.9 Å². The summed E-state index contributed by atoms with van der Waals surface area (Å²) in [5.41, 5.74) is 5.10. The zero-order chi connectivity index (χ0) is 25.6. The molecule has 1 heterocycles. The van der Waals surface area contributed by atoms with Crippen molar-refractivity contribution in [2.24, 2.45) is 0 Å². The lowest BCUT2D eigenvalue weighted by atomic mass is 10.0. The number of carbonyl (C=O) groups is 2. The Kier molecular flexibility index (Phi) is 7.08. The van der Waals surface area contributed by atoms with Crippen molar-refractivity contribution in [3.63, 3.8) is 0 Å². The summed E-state index contributed by atoms with van der Waals surface area (Å²) >= 11 is 0. The Morgan fingerprint density at radius 3 is 2.19 bits per heavy atom. The lowest BCUT2D eigenvalue weighted by Gasteiger charge is -2.20. The number of fused-ring (bicyclic) bond motifs is 1. The fraction of sp³-hybridized carbons (Fsp3) is 0.129. The summed E-state index contributed by atoms with van der Waals surface area (Å²) in [6, 6.07) is 34.1. The predicted molar refractivity (Wildman–Crippen MR) is 146 cm³/mol. The normalized spacial score (nSPS) is 11.7. The van der Waals surface area contributed by atoms with E-state index in [4.69, 9.17) is 4.98 Å². The van der Waals surface area contributed by atoms with Gasteiger partial charge in [0.05, 0.1) is 17.1 Å². The summed E-state index contributed by atoms with van der Waals surface area (Å²) in [6.45, 7) is 2.07. The first-order valence-electron chi connectivity index (χ1n) is 12.3. The first kappa shape index (κ1) is 24.0. The van der Waals surface area contributed by atoms with E-state index in [1.54, 1.807) is 12.1 Å². The largest absolute Gasteiger partial charge is 0.342 e. The van der Waals surface area contributed by atoms with Crippen molar-refractivity contribution in [3.05, 3.63) is 132 Å². The summed E-state index contributed by atoms with van der Waals surface area (Å²) in [5, 5.41) is 6.15. The number of hydrogen-bond donors (Lipinski definition) is 2. The van der Waals surface area contributed by atoms with E-state index in [0.717, 1.165) is 27.8 Å². The van der Waals surface area contributed by atoms with Crippen molar-refractivity contribution in [1.82, 2.24) is 14.9 Å². The summed E-state index contributed by atoms with van der Waals surface area (Å²) < 4.78 is 1.90. The molecule has 0 radical (unpaired) electrons. The van der Waals surface area contributed by atoms with Crippen molar-refractivity contribution in [1.29, 1.82) is 0 Å². The smallest absolute Gasteiger partial charge is 0.251 e. The van der Waals surface area contributed by atoms with Crippen LogP contribution in [0.3, 0.4) is 0 Å². The Labute approximate surface area is 216 Å². The number of amides is 2. The molecule has 0 fully saturated rings. The Bertz CT molecular complexity index is 1510. The number of imidazole rings is 1. The van der Waals surface area contributed by atoms with Crippen LogP contribution < -0.4 is 10.6 Å². The minimum atomic E-state index is -0.449. The molecule has 1 aromatic heterocycles.